The molecule has 2 N–H and O–H groups in total. The van der Waals surface area contributed by atoms with Crippen molar-refractivity contribution in [1.82, 2.24) is 0 Å². The van der Waals surface area contributed by atoms with E-state index in [4.69, 9.17) is 5.73 Å². The zero-order valence-electron chi connectivity index (χ0n) is 13.7. The Balaban J connectivity index is 2.02. The SMILES string of the molecule is CC(C)C(C)/C(=C\C=C\C1CC1c1ccc(Br)c(Br)c1)C(N)=O. The second kappa shape index (κ2) is 7.80. The minimum Gasteiger partial charge on any atom is -0.366 e. The van der Waals surface area contributed by atoms with Gasteiger partial charge in [-0.15, -0.1) is 0 Å². The Labute approximate surface area is 155 Å². The first kappa shape index (κ1) is 18.5. The maximum absolute atomic E-state index is 11.6. The summed E-state index contributed by atoms with van der Waals surface area (Å²) in [5.74, 6) is 1.37. The van der Waals surface area contributed by atoms with Crippen molar-refractivity contribution in [2.24, 2.45) is 23.5 Å². The largest absolute Gasteiger partial charge is 0.366 e. The van der Waals surface area contributed by atoms with Gasteiger partial charge in [0.15, 0.2) is 0 Å². The van der Waals surface area contributed by atoms with E-state index >= 15 is 0 Å². The monoisotopic (exact) mass is 439 g/mol. The second-order valence-corrected chi connectivity index (χ2v) is 8.29. The molecule has 1 aromatic rings. The summed E-state index contributed by atoms with van der Waals surface area (Å²) in [6.07, 6.45) is 7.23. The molecular weight excluding hydrogens is 418 g/mol. The van der Waals surface area contributed by atoms with Crippen LogP contribution < -0.4 is 5.73 Å². The van der Waals surface area contributed by atoms with E-state index in [1.807, 2.05) is 19.1 Å². The summed E-state index contributed by atoms with van der Waals surface area (Å²) >= 11 is 7.05. The number of carbonyl (C=O) groups is 1. The minimum atomic E-state index is -0.319. The van der Waals surface area contributed by atoms with Gasteiger partial charge in [-0.05, 0) is 79.6 Å². The quantitative estimate of drug-likeness (QED) is 0.455. The van der Waals surface area contributed by atoms with Crippen LogP contribution in [0.2, 0.25) is 0 Å². The number of amides is 1. The molecule has 4 heteroatoms. The van der Waals surface area contributed by atoms with Crippen LogP contribution in [-0.4, -0.2) is 5.91 Å². The molecule has 0 spiro atoms. The molecule has 0 aromatic heterocycles. The Bertz CT molecular complexity index is 649. The number of hydrogen-bond acceptors (Lipinski definition) is 1. The van der Waals surface area contributed by atoms with E-state index < -0.39 is 0 Å². The van der Waals surface area contributed by atoms with Crippen LogP contribution in [0.25, 0.3) is 0 Å². The first-order valence-corrected chi connectivity index (χ1v) is 9.53. The van der Waals surface area contributed by atoms with Gasteiger partial charge < -0.3 is 5.73 Å². The van der Waals surface area contributed by atoms with Crippen molar-refractivity contribution in [3.63, 3.8) is 0 Å². The van der Waals surface area contributed by atoms with Crippen LogP contribution >= 0.6 is 31.9 Å². The van der Waals surface area contributed by atoms with E-state index in [1.54, 1.807) is 0 Å². The van der Waals surface area contributed by atoms with Crippen molar-refractivity contribution in [3.8, 4) is 0 Å². The number of benzene rings is 1. The lowest BCUT2D eigenvalue weighted by Crippen LogP contribution is -2.21. The number of primary amides is 1. The first-order valence-electron chi connectivity index (χ1n) is 7.94. The molecule has 3 atom stereocenters. The highest BCUT2D eigenvalue weighted by Crippen LogP contribution is 2.49. The predicted octanol–water partition coefficient (Wildman–Crippen LogP) is 5.58. The van der Waals surface area contributed by atoms with Crippen LogP contribution in [0.3, 0.4) is 0 Å². The summed E-state index contributed by atoms with van der Waals surface area (Å²) in [5, 5.41) is 0. The predicted molar refractivity (Wildman–Crippen MR) is 103 cm³/mol. The van der Waals surface area contributed by atoms with Crippen LogP contribution in [0.4, 0.5) is 0 Å². The number of halogens is 2. The van der Waals surface area contributed by atoms with Crippen molar-refractivity contribution in [1.29, 1.82) is 0 Å². The summed E-state index contributed by atoms with van der Waals surface area (Å²) in [6.45, 7) is 6.26. The molecule has 2 rings (SSSR count). The highest BCUT2D eigenvalue weighted by Gasteiger charge is 2.36. The lowest BCUT2D eigenvalue weighted by Gasteiger charge is -2.16. The lowest BCUT2D eigenvalue weighted by molar-refractivity contribution is -0.115. The average molecular weight is 441 g/mol. The first-order chi connectivity index (χ1) is 10.8. The van der Waals surface area contributed by atoms with Gasteiger partial charge in [0.25, 0.3) is 0 Å². The molecule has 0 aliphatic heterocycles. The molecule has 1 aliphatic carbocycles. The summed E-state index contributed by atoms with van der Waals surface area (Å²) in [4.78, 5) is 11.6. The number of rotatable bonds is 6. The normalized spacial score (nSPS) is 22.6. The Morgan fingerprint density at radius 2 is 1.96 bits per heavy atom. The molecular formula is C19H23Br2NO. The van der Waals surface area contributed by atoms with Crippen LogP contribution in [0.1, 0.15) is 38.7 Å². The lowest BCUT2D eigenvalue weighted by atomic mass is 9.89. The van der Waals surface area contributed by atoms with Crippen molar-refractivity contribution < 1.29 is 4.79 Å². The summed E-state index contributed by atoms with van der Waals surface area (Å²) < 4.78 is 2.16. The zero-order valence-corrected chi connectivity index (χ0v) is 16.9. The van der Waals surface area contributed by atoms with Crippen molar-refractivity contribution >= 4 is 37.8 Å². The highest BCUT2D eigenvalue weighted by atomic mass is 79.9. The molecule has 0 bridgehead atoms. The van der Waals surface area contributed by atoms with Gasteiger partial charge in [-0.3, -0.25) is 4.79 Å². The number of allylic oxidation sites excluding steroid dienone is 3. The van der Waals surface area contributed by atoms with E-state index in [0.29, 0.717) is 23.3 Å². The van der Waals surface area contributed by atoms with Crippen molar-refractivity contribution in [2.75, 3.05) is 0 Å². The number of carbonyl (C=O) groups excluding carboxylic acids is 1. The van der Waals surface area contributed by atoms with Gasteiger partial charge in [0.05, 0.1) is 0 Å². The van der Waals surface area contributed by atoms with Gasteiger partial charge in [0, 0.05) is 14.5 Å². The third kappa shape index (κ3) is 4.80. The molecule has 2 nitrogen and oxygen atoms in total. The fourth-order valence-electron chi connectivity index (χ4n) is 2.67. The molecule has 1 aromatic carbocycles. The third-order valence-corrected chi connectivity index (χ3v) is 6.50. The second-order valence-electron chi connectivity index (χ2n) is 6.58. The molecule has 1 saturated carbocycles. The molecule has 23 heavy (non-hydrogen) atoms. The van der Waals surface area contributed by atoms with Gasteiger partial charge in [-0.25, -0.2) is 0 Å². The minimum absolute atomic E-state index is 0.176. The van der Waals surface area contributed by atoms with E-state index in [-0.39, 0.29) is 11.8 Å². The summed E-state index contributed by atoms with van der Waals surface area (Å²) in [5.41, 5.74) is 7.57. The van der Waals surface area contributed by atoms with Gasteiger partial charge in [0.2, 0.25) is 5.91 Å². The molecule has 0 radical (unpaired) electrons. The van der Waals surface area contributed by atoms with Gasteiger partial charge in [0.1, 0.15) is 0 Å². The Morgan fingerprint density at radius 1 is 1.26 bits per heavy atom. The van der Waals surface area contributed by atoms with E-state index in [1.165, 1.54) is 5.56 Å². The van der Waals surface area contributed by atoms with Crippen LogP contribution in [0, 0.1) is 17.8 Å². The number of hydrogen-bond donors (Lipinski definition) is 1. The summed E-state index contributed by atoms with van der Waals surface area (Å²) in [6, 6.07) is 6.42. The van der Waals surface area contributed by atoms with E-state index in [0.717, 1.165) is 15.4 Å². The van der Waals surface area contributed by atoms with Gasteiger partial charge >= 0.3 is 0 Å². The Hall–Kier alpha value is -0.870. The van der Waals surface area contributed by atoms with E-state index in [2.05, 4.69) is 70.0 Å². The molecule has 124 valence electrons. The van der Waals surface area contributed by atoms with Gasteiger partial charge in [-0.2, -0.15) is 0 Å². The van der Waals surface area contributed by atoms with E-state index in [9.17, 15) is 4.79 Å². The molecule has 1 amide bonds. The fraction of sp³-hybridized carbons (Fsp3) is 0.421. The van der Waals surface area contributed by atoms with Crippen LogP contribution in [0.5, 0.6) is 0 Å². The van der Waals surface area contributed by atoms with Crippen molar-refractivity contribution in [3.05, 3.63) is 56.5 Å². The molecule has 0 heterocycles. The third-order valence-electron chi connectivity index (χ3n) is 4.62. The Morgan fingerprint density at radius 3 is 2.52 bits per heavy atom. The fourth-order valence-corrected chi connectivity index (χ4v) is 3.32. The standard InChI is InChI=1S/C19H23Br2NO/c1-11(2)12(3)15(19(22)23)6-4-5-13-9-16(13)14-7-8-17(20)18(21)10-14/h4-8,10-13,16H,9H2,1-3H3,(H2,22,23)/b5-4+,15-6+. The van der Waals surface area contributed by atoms with Crippen LogP contribution in [-0.2, 0) is 4.79 Å². The molecule has 3 unspecified atom stereocenters. The van der Waals surface area contributed by atoms with Gasteiger partial charge in [-0.1, -0.05) is 45.1 Å². The highest BCUT2D eigenvalue weighted by molar-refractivity contribution is 9.13. The van der Waals surface area contributed by atoms with Crippen molar-refractivity contribution in [2.45, 2.75) is 33.1 Å². The molecule has 0 saturated heterocycles. The summed E-state index contributed by atoms with van der Waals surface area (Å²) in [7, 11) is 0. The topological polar surface area (TPSA) is 43.1 Å². The number of nitrogens with two attached hydrogens (primary N) is 1. The Kier molecular flexibility index (Phi) is 6.26. The maximum atomic E-state index is 11.6. The smallest absolute Gasteiger partial charge is 0.244 e. The molecule has 1 fully saturated rings. The maximum Gasteiger partial charge on any atom is 0.244 e. The average Bonchev–Trinajstić information content (AvgIpc) is 3.25. The van der Waals surface area contributed by atoms with Crippen LogP contribution in [0.15, 0.2) is 50.9 Å². The zero-order chi connectivity index (χ0) is 17.1. The molecule has 1 aliphatic rings.